The molecule has 0 N–H and O–H groups in total. The van der Waals surface area contributed by atoms with Gasteiger partial charge in [0.1, 0.15) is 11.5 Å². The van der Waals surface area contributed by atoms with E-state index in [-0.39, 0.29) is 5.41 Å². The number of fused-ring (bicyclic) bond motifs is 2. The van der Waals surface area contributed by atoms with Crippen molar-refractivity contribution in [3.63, 3.8) is 0 Å². The maximum absolute atomic E-state index is 6.64. The van der Waals surface area contributed by atoms with E-state index < -0.39 is 16.8 Å². The molecule has 0 aromatic heterocycles. The van der Waals surface area contributed by atoms with Crippen molar-refractivity contribution in [2.24, 2.45) is 0 Å². The summed E-state index contributed by atoms with van der Waals surface area (Å²) in [6.07, 6.45) is 0. The Morgan fingerprint density at radius 3 is 1.37 bits per heavy atom. The first-order chi connectivity index (χ1) is 14.5. The summed E-state index contributed by atoms with van der Waals surface area (Å²) in [4.78, 5) is 0. The third-order valence-electron chi connectivity index (χ3n) is 4.92. The highest BCUT2D eigenvalue weighted by molar-refractivity contribution is 7.56. The fraction of sp³-hybridized carbons (Fsp3) is 0.478. The SMILES string of the molecule is CCOP(OCC)c1cccc2c1Oc1c(P(OCC)OCC)cccc1C2(C)C. The zero-order valence-corrected chi connectivity index (χ0v) is 20.5. The minimum atomic E-state index is -1.22. The molecule has 0 fully saturated rings. The molecule has 0 bridgehead atoms. The molecule has 0 radical (unpaired) electrons. The van der Waals surface area contributed by atoms with Crippen LogP contribution in [0.1, 0.15) is 52.7 Å². The van der Waals surface area contributed by atoms with Gasteiger partial charge in [-0.15, -0.1) is 0 Å². The molecule has 0 amide bonds. The second-order valence-electron chi connectivity index (χ2n) is 7.22. The van der Waals surface area contributed by atoms with E-state index in [0.717, 1.165) is 33.2 Å². The molecule has 7 heteroatoms. The summed E-state index contributed by atoms with van der Waals surface area (Å²) in [5, 5.41) is 1.94. The van der Waals surface area contributed by atoms with Gasteiger partial charge in [-0.1, -0.05) is 38.1 Å². The van der Waals surface area contributed by atoms with Crippen molar-refractivity contribution in [2.45, 2.75) is 47.0 Å². The molecular weight excluding hydrogens is 418 g/mol. The van der Waals surface area contributed by atoms with Gasteiger partial charge >= 0.3 is 0 Å². The maximum Gasteiger partial charge on any atom is 0.209 e. The maximum atomic E-state index is 6.64. The first-order valence-electron chi connectivity index (χ1n) is 10.6. The van der Waals surface area contributed by atoms with Gasteiger partial charge in [-0.05, 0) is 39.8 Å². The van der Waals surface area contributed by atoms with Crippen LogP contribution in [0.3, 0.4) is 0 Å². The molecule has 164 valence electrons. The van der Waals surface area contributed by atoms with Gasteiger partial charge in [-0.25, -0.2) is 0 Å². The van der Waals surface area contributed by atoms with Crippen molar-refractivity contribution in [3.8, 4) is 11.5 Å². The predicted molar refractivity (Wildman–Crippen MR) is 125 cm³/mol. The molecule has 30 heavy (non-hydrogen) atoms. The lowest BCUT2D eigenvalue weighted by atomic mass is 9.76. The molecule has 0 aliphatic carbocycles. The predicted octanol–water partition coefficient (Wildman–Crippen LogP) is 6.14. The fourth-order valence-electron chi connectivity index (χ4n) is 3.60. The lowest BCUT2D eigenvalue weighted by molar-refractivity contribution is 0.276. The second kappa shape index (κ2) is 10.5. The van der Waals surface area contributed by atoms with Gasteiger partial charge in [-0.2, -0.15) is 0 Å². The zero-order chi connectivity index (χ0) is 21.7. The van der Waals surface area contributed by atoms with Crippen molar-refractivity contribution in [3.05, 3.63) is 47.5 Å². The summed E-state index contributed by atoms with van der Waals surface area (Å²) in [6.45, 7) is 14.7. The van der Waals surface area contributed by atoms with Crippen molar-refractivity contribution in [1.82, 2.24) is 0 Å². The fourth-order valence-corrected chi connectivity index (χ4v) is 6.33. The molecule has 0 saturated carbocycles. The van der Waals surface area contributed by atoms with Gasteiger partial charge in [0.25, 0.3) is 0 Å². The molecule has 0 spiro atoms. The van der Waals surface area contributed by atoms with Gasteiger partial charge < -0.3 is 22.8 Å². The van der Waals surface area contributed by atoms with Gasteiger partial charge in [-0.3, -0.25) is 0 Å². The number of hydrogen-bond donors (Lipinski definition) is 0. The Hall–Kier alpha value is -1.06. The van der Waals surface area contributed by atoms with Crippen LogP contribution in [0.2, 0.25) is 0 Å². The minimum absolute atomic E-state index is 0.242. The highest BCUT2D eigenvalue weighted by atomic mass is 31.2. The summed E-state index contributed by atoms with van der Waals surface area (Å²) in [6, 6.07) is 12.5. The average Bonchev–Trinajstić information content (AvgIpc) is 2.73. The first-order valence-corrected chi connectivity index (χ1v) is 12.9. The Bertz CT molecular complexity index is 776. The van der Waals surface area contributed by atoms with Gasteiger partial charge in [0.2, 0.25) is 16.8 Å². The van der Waals surface area contributed by atoms with E-state index in [2.05, 4.69) is 38.1 Å². The molecule has 2 aromatic rings. The summed E-state index contributed by atoms with van der Waals surface area (Å²) >= 11 is 0. The Kier molecular flexibility index (Phi) is 8.26. The lowest BCUT2D eigenvalue weighted by Gasteiger charge is -2.37. The monoisotopic (exact) mass is 450 g/mol. The van der Waals surface area contributed by atoms with Crippen molar-refractivity contribution >= 4 is 27.4 Å². The molecular formula is C23H32O5P2. The summed E-state index contributed by atoms with van der Waals surface area (Å²) in [5.41, 5.74) is 2.02. The molecule has 1 aliphatic rings. The highest BCUT2D eigenvalue weighted by Crippen LogP contribution is 2.53. The van der Waals surface area contributed by atoms with Crippen LogP contribution in [0.5, 0.6) is 11.5 Å². The van der Waals surface area contributed by atoms with E-state index in [1.165, 1.54) is 0 Å². The van der Waals surface area contributed by atoms with E-state index >= 15 is 0 Å². The van der Waals surface area contributed by atoms with E-state index in [9.17, 15) is 0 Å². The highest BCUT2D eigenvalue weighted by Gasteiger charge is 2.39. The topological polar surface area (TPSA) is 46.2 Å². The van der Waals surface area contributed by atoms with Crippen LogP contribution < -0.4 is 15.3 Å². The molecule has 3 rings (SSSR count). The smallest absolute Gasteiger partial charge is 0.209 e. The third-order valence-corrected chi connectivity index (χ3v) is 8.38. The molecule has 0 saturated heterocycles. The largest absolute Gasteiger partial charge is 0.455 e. The van der Waals surface area contributed by atoms with E-state index in [4.69, 9.17) is 22.8 Å². The molecule has 1 aliphatic heterocycles. The van der Waals surface area contributed by atoms with E-state index in [1.54, 1.807) is 0 Å². The Morgan fingerprint density at radius 2 is 1.03 bits per heavy atom. The number of hydrogen-bond acceptors (Lipinski definition) is 5. The third kappa shape index (κ3) is 4.58. The second-order valence-corrected chi connectivity index (χ2v) is 10.2. The van der Waals surface area contributed by atoms with Crippen molar-refractivity contribution in [1.29, 1.82) is 0 Å². The lowest BCUT2D eigenvalue weighted by Crippen LogP contribution is -2.30. The molecule has 0 atom stereocenters. The summed E-state index contributed by atoms with van der Waals surface area (Å²) in [7, 11) is -2.44. The van der Waals surface area contributed by atoms with Crippen LogP contribution in [0.25, 0.3) is 0 Å². The van der Waals surface area contributed by atoms with Crippen molar-refractivity contribution in [2.75, 3.05) is 26.4 Å². The van der Waals surface area contributed by atoms with Gasteiger partial charge in [0.15, 0.2) is 0 Å². The van der Waals surface area contributed by atoms with Crippen LogP contribution in [-0.4, -0.2) is 26.4 Å². The molecule has 5 nitrogen and oxygen atoms in total. The summed E-state index contributed by atoms with van der Waals surface area (Å²) < 4.78 is 30.5. The van der Waals surface area contributed by atoms with Crippen LogP contribution in [0.15, 0.2) is 36.4 Å². The number of rotatable bonds is 10. The Balaban J connectivity index is 2.15. The van der Waals surface area contributed by atoms with E-state index in [1.807, 2.05) is 39.8 Å². The van der Waals surface area contributed by atoms with Crippen LogP contribution in [-0.2, 0) is 23.5 Å². The standard InChI is InChI=1S/C23H32O5P2/c1-7-24-29(25-8-2)19-15-11-13-17-21(19)28-22-18(23(17,5)6)14-12-16-20(22)30(26-9-3)27-10-4/h11-16H,7-10H2,1-6H3. The van der Waals surface area contributed by atoms with E-state index in [0.29, 0.717) is 26.4 Å². The molecule has 0 unspecified atom stereocenters. The number of benzene rings is 2. The quantitative estimate of drug-likeness (QED) is 0.407. The average molecular weight is 450 g/mol. The van der Waals surface area contributed by atoms with Crippen LogP contribution in [0.4, 0.5) is 0 Å². The molecule has 1 heterocycles. The number of ether oxygens (including phenoxy) is 1. The molecule has 2 aromatic carbocycles. The van der Waals surface area contributed by atoms with Crippen LogP contribution in [0, 0.1) is 0 Å². The van der Waals surface area contributed by atoms with Crippen molar-refractivity contribution < 1.29 is 22.8 Å². The Morgan fingerprint density at radius 1 is 0.667 bits per heavy atom. The van der Waals surface area contributed by atoms with Gasteiger partial charge in [0, 0.05) is 16.5 Å². The summed E-state index contributed by atoms with van der Waals surface area (Å²) in [5.74, 6) is 1.66. The normalized spacial score (nSPS) is 14.5. The first kappa shape index (κ1) is 23.6. The Labute approximate surface area is 182 Å². The van der Waals surface area contributed by atoms with Gasteiger partial charge in [0.05, 0.1) is 37.0 Å². The minimum Gasteiger partial charge on any atom is -0.455 e. The zero-order valence-electron chi connectivity index (χ0n) is 18.7. The van der Waals surface area contributed by atoms with Crippen LogP contribution >= 0.6 is 16.8 Å². The number of para-hydroxylation sites is 2.